The minimum absolute atomic E-state index is 0.218. The van der Waals surface area contributed by atoms with Gasteiger partial charge < -0.3 is 10.1 Å². The summed E-state index contributed by atoms with van der Waals surface area (Å²) < 4.78 is 20.1. The van der Waals surface area contributed by atoms with Crippen molar-refractivity contribution in [2.24, 2.45) is 0 Å². The van der Waals surface area contributed by atoms with E-state index in [-0.39, 0.29) is 11.7 Å². The molecule has 0 aliphatic rings. The number of nitrogens with one attached hydrogen (secondary N) is 1. The normalized spacial score (nSPS) is 11.9. The first-order valence-electron chi connectivity index (χ1n) is 11.3. The number of benzene rings is 2. The first kappa shape index (κ1) is 24.4. The van der Waals surface area contributed by atoms with Crippen LogP contribution in [0.25, 0.3) is 11.2 Å². The second kappa shape index (κ2) is 11.1. The first-order valence-corrected chi connectivity index (χ1v) is 12.3. The molecule has 0 aliphatic carbocycles. The number of nitrogens with zero attached hydrogens (tertiary/aromatic N) is 3. The van der Waals surface area contributed by atoms with Crippen molar-refractivity contribution in [2.75, 3.05) is 11.9 Å². The molecule has 180 valence electrons. The van der Waals surface area contributed by atoms with E-state index < -0.39 is 12.0 Å². The number of carbonyl (C=O) groups excluding carboxylic acids is 2. The van der Waals surface area contributed by atoms with Crippen molar-refractivity contribution in [3.63, 3.8) is 0 Å². The van der Waals surface area contributed by atoms with Crippen LogP contribution in [0, 0.1) is 5.82 Å². The van der Waals surface area contributed by atoms with Crippen molar-refractivity contribution in [1.82, 2.24) is 14.5 Å². The highest BCUT2D eigenvalue weighted by Gasteiger charge is 2.25. The van der Waals surface area contributed by atoms with E-state index in [0.717, 1.165) is 5.56 Å². The number of ether oxygens (including phenoxy) is 1. The number of pyridine rings is 1. The van der Waals surface area contributed by atoms with Gasteiger partial charge in [-0.05, 0) is 67.4 Å². The molecule has 0 fully saturated rings. The van der Waals surface area contributed by atoms with Crippen molar-refractivity contribution in [3.05, 3.63) is 83.8 Å². The summed E-state index contributed by atoms with van der Waals surface area (Å²) in [4.78, 5) is 34.4. The Hall–Kier alpha value is -3.72. The van der Waals surface area contributed by atoms with Crippen LogP contribution >= 0.6 is 11.8 Å². The molecule has 0 aliphatic heterocycles. The molecule has 1 amide bonds. The lowest BCUT2D eigenvalue weighted by Gasteiger charge is -2.19. The van der Waals surface area contributed by atoms with Gasteiger partial charge in [-0.25, -0.2) is 19.2 Å². The van der Waals surface area contributed by atoms with Crippen LogP contribution in [0.2, 0.25) is 0 Å². The monoisotopic (exact) mass is 492 g/mol. The highest BCUT2D eigenvalue weighted by molar-refractivity contribution is 7.98. The molecule has 1 N–H and O–H groups in total. The van der Waals surface area contributed by atoms with Gasteiger partial charge in [0.15, 0.2) is 10.8 Å². The molecule has 9 heteroatoms. The summed E-state index contributed by atoms with van der Waals surface area (Å²) in [5.41, 5.74) is 3.25. The molecule has 7 nitrogen and oxygen atoms in total. The molecule has 0 spiro atoms. The van der Waals surface area contributed by atoms with Gasteiger partial charge in [-0.3, -0.25) is 9.36 Å². The van der Waals surface area contributed by atoms with E-state index in [1.165, 1.54) is 23.9 Å². The fourth-order valence-electron chi connectivity index (χ4n) is 3.63. The summed E-state index contributed by atoms with van der Waals surface area (Å²) in [5.74, 6) is -0.342. The molecule has 1 atom stereocenters. The lowest BCUT2D eigenvalue weighted by molar-refractivity contribution is -0.119. The molecule has 2 heterocycles. The van der Waals surface area contributed by atoms with Crippen molar-refractivity contribution in [2.45, 2.75) is 37.2 Å². The van der Waals surface area contributed by atoms with E-state index in [0.29, 0.717) is 46.4 Å². The molecule has 4 aromatic rings. The summed E-state index contributed by atoms with van der Waals surface area (Å²) in [5, 5.41) is 3.59. The molecule has 2 aromatic carbocycles. The van der Waals surface area contributed by atoms with Crippen molar-refractivity contribution in [1.29, 1.82) is 0 Å². The van der Waals surface area contributed by atoms with E-state index in [2.05, 4.69) is 10.3 Å². The highest BCUT2D eigenvalue weighted by Crippen LogP contribution is 2.31. The Labute approximate surface area is 206 Å². The molecule has 0 unspecified atom stereocenters. The molecule has 4 rings (SSSR count). The number of carbonyl (C=O) groups is 2. The molecule has 2 aromatic heterocycles. The standard InChI is InChI=1S/C26H25FN4O3S/c1-3-22(24(32)29-20-13-9-18(10-14-20)25(33)34-4-2)31-23-21(6-5-15-28-23)30-26(31)35-16-17-7-11-19(27)12-8-17/h5-15,22H,3-4,16H2,1-2H3,(H,29,32)/t22-/m0/s1. The van der Waals surface area contributed by atoms with E-state index in [1.807, 2.05) is 17.6 Å². The largest absolute Gasteiger partial charge is 0.462 e. The van der Waals surface area contributed by atoms with E-state index in [9.17, 15) is 14.0 Å². The maximum atomic E-state index is 13.3. The Balaban J connectivity index is 1.58. The molecule has 0 radical (unpaired) electrons. The van der Waals surface area contributed by atoms with Crippen LogP contribution in [0.5, 0.6) is 0 Å². The Morgan fingerprint density at radius 2 is 1.83 bits per heavy atom. The maximum absolute atomic E-state index is 13.3. The zero-order chi connectivity index (χ0) is 24.8. The SMILES string of the molecule is CCOC(=O)c1ccc(NC(=O)[C@H](CC)n2c(SCc3ccc(F)cc3)nc3cccnc32)cc1. The van der Waals surface area contributed by atoms with Crippen LogP contribution < -0.4 is 5.32 Å². The maximum Gasteiger partial charge on any atom is 0.338 e. The van der Waals surface area contributed by atoms with Gasteiger partial charge in [0.05, 0.1) is 12.2 Å². The second-order valence-electron chi connectivity index (χ2n) is 7.74. The fourth-order valence-corrected chi connectivity index (χ4v) is 4.64. The number of fused-ring (bicyclic) bond motifs is 1. The predicted octanol–water partition coefficient (Wildman–Crippen LogP) is 5.63. The summed E-state index contributed by atoms with van der Waals surface area (Å²) in [7, 11) is 0. The Morgan fingerprint density at radius 3 is 2.51 bits per heavy atom. The molecule has 0 saturated carbocycles. The van der Waals surface area contributed by atoms with E-state index in [1.54, 1.807) is 55.6 Å². The van der Waals surface area contributed by atoms with E-state index in [4.69, 9.17) is 9.72 Å². The Morgan fingerprint density at radius 1 is 1.09 bits per heavy atom. The lowest BCUT2D eigenvalue weighted by atomic mass is 10.1. The van der Waals surface area contributed by atoms with Crippen molar-refractivity contribution < 1.29 is 18.7 Å². The summed E-state index contributed by atoms with van der Waals surface area (Å²) in [6, 6.07) is 16.0. The van der Waals surface area contributed by atoms with Gasteiger partial charge in [0.1, 0.15) is 17.4 Å². The van der Waals surface area contributed by atoms with Crippen molar-refractivity contribution in [3.8, 4) is 0 Å². The number of hydrogen-bond acceptors (Lipinski definition) is 6. The molecular weight excluding hydrogens is 467 g/mol. The number of halogens is 1. The third-order valence-corrected chi connectivity index (χ3v) is 6.39. The van der Waals surface area contributed by atoms with Crippen LogP contribution in [0.3, 0.4) is 0 Å². The summed E-state index contributed by atoms with van der Waals surface area (Å²) in [6.07, 6.45) is 2.19. The highest BCUT2D eigenvalue weighted by atomic mass is 32.2. The number of rotatable bonds is 9. The van der Waals surface area contributed by atoms with Gasteiger partial charge in [-0.15, -0.1) is 0 Å². The van der Waals surface area contributed by atoms with Crippen LogP contribution in [0.4, 0.5) is 10.1 Å². The molecular formula is C26H25FN4O3S. The topological polar surface area (TPSA) is 86.1 Å². The number of anilines is 1. The smallest absolute Gasteiger partial charge is 0.338 e. The average molecular weight is 493 g/mol. The second-order valence-corrected chi connectivity index (χ2v) is 8.68. The average Bonchev–Trinajstić information content (AvgIpc) is 3.23. The number of thioether (sulfide) groups is 1. The third kappa shape index (κ3) is 5.68. The Kier molecular flexibility index (Phi) is 7.77. The number of esters is 1. The van der Waals surface area contributed by atoms with Crippen LogP contribution in [-0.2, 0) is 15.3 Å². The van der Waals surface area contributed by atoms with Crippen molar-refractivity contribution >= 4 is 40.5 Å². The fraction of sp³-hybridized carbons (Fsp3) is 0.231. The molecule has 0 bridgehead atoms. The molecule has 0 saturated heterocycles. The number of hydrogen-bond donors (Lipinski definition) is 1. The van der Waals surface area contributed by atoms with Gasteiger partial charge in [-0.1, -0.05) is 30.8 Å². The van der Waals surface area contributed by atoms with Crippen LogP contribution in [0.15, 0.2) is 72.0 Å². The number of aromatic nitrogens is 3. The van der Waals surface area contributed by atoms with Gasteiger partial charge in [0, 0.05) is 17.6 Å². The van der Waals surface area contributed by atoms with Crippen LogP contribution in [0.1, 0.15) is 42.2 Å². The number of imidazole rings is 1. The lowest BCUT2D eigenvalue weighted by Crippen LogP contribution is -2.26. The minimum atomic E-state index is -0.560. The van der Waals surface area contributed by atoms with E-state index >= 15 is 0 Å². The quantitative estimate of drug-likeness (QED) is 0.241. The summed E-state index contributed by atoms with van der Waals surface area (Å²) >= 11 is 1.47. The van der Waals surface area contributed by atoms with Gasteiger partial charge >= 0.3 is 5.97 Å². The van der Waals surface area contributed by atoms with Gasteiger partial charge in [-0.2, -0.15) is 0 Å². The Bertz CT molecular complexity index is 1320. The van der Waals surface area contributed by atoms with Crippen LogP contribution in [-0.4, -0.2) is 33.0 Å². The zero-order valence-electron chi connectivity index (χ0n) is 19.4. The summed E-state index contributed by atoms with van der Waals surface area (Å²) in [6.45, 7) is 3.97. The minimum Gasteiger partial charge on any atom is -0.462 e. The van der Waals surface area contributed by atoms with Gasteiger partial charge in [0.25, 0.3) is 0 Å². The molecule has 35 heavy (non-hydrogen) atoms. The third-order valence-electron chi connectivity index (χ3n) is 5.36. The predicted molar refractivity (Wildman–Crippen MR) is 134 cm³/mol. The number of amides is 1. The zero-order valence-corrected chi connectivity index (χ0v) is 20.2. The first-order chi connectivity index (χ1) is 17.0. The van der Waals surface area contributed by atoms with Gasteiger partial charge in [0.2, 0.25) is 5.91 Å².